The van der Waals surface area contributed by atoms with Gasteiger partial charge in [-0.1, -0.05) is 202 Å². The Labute approximate surface area is 407 Å². The van der Waals surface area contributed by atoms with Gasteiger partial charge in [0.1, 0.15) is 7.85 Å². The molecule has 0 aromatic heterocycles. The molecule has 0 spiro atoms. The van der Waals surface area contributed by atoms with Crippen LogP contribution in [0.5, 0.6) is 0 Å². The van der Waals surface area contributed by atoms with Crippen molar-refractivity contribution in [1.82, 2.24) is 0 Å². The summed E-state index contributed by atoms with van der Waals surface area (Å²) in [6, 6.07) is 61.7. The standard InChI is InChI=1S/C65H67BN2/c1-62(2,3)47-27-24-43(25-28-47)60-59(68(49-23-17-22-44(34-49)41-18-13-11-14-19-41)58-37-45(26-30-56(58)66)42-20-15-12-16-21-42)40-51-50-39-55-54(64(7,8)32-33-65(55,9)10)36-46(50)35-52(51)61(60)53-38-48(63(4,5)6)29-31-57(53)67/h11-31,34,36-40H,32-33,35,66-67H2,1-10H3. The van der Waals surface area contributed by atoms with Crippen LogP contribution < -0.4 is 16.1 Å². The highest BCUT2D eigenvalue weighted by molar-refractivity contribution is 6.36. The average Bonchev–Trinajstić information content (AvgIpc) is 3.68. The Bertz CT molecular complexity index is 3220. The fourth-order valence-corrected chi connectivity index (χ4v) is 11.0. The van der Waals surface area contributed by atoms with Gasteiger partial charge in [-0.15, -0.1) is 0 Å². The molecule has 0 heterocycles. The van der Waals surface area contributed by atoms with E-state index in [0.29, 0.717) is 0 Å². The lowest BCUT2D eigenvalue weighted by Crippen LogP contribution is -2.34. The molecule has 0 fully saturated rings. The highest BCUT2D eigenvalue weighted by Crippen LogP contribution is 2.57. The Morgan fingerprint density at radius 2 is 1.03 bits per heavy atom. The molecule has 0 atom stereocenters. The van der Waals surface area contributed by atoms with Crippen molar-refractivity contribution < 1.29 is 0 Å². The van der Waals surface area contributed by atoms with Gasteiger partial charge in [-0.2, -0.15) is 0 Å². The number of hydrogen-bond donors (Lipinski definition) is 1. The molecule has 8 aromatic rings. The lowest BCUT2D eigenvalue weighted by molar-refractivity contribution is 0.332. The predicted molar refractivity (Wildman–Crippen MR) is 296 cm³/mol. The molecule has 340 valence electrons. The van der Waals surface area contributed by atoms with Gasteiger partial charge in [-0.05, 0) is 155 Å². The first-order valence-electron chi connectivity index (χ1n) is 24.8. The quantitative estimate of drug-likeness (QED) is 0.128. The van der Waals surface area contributed by atoms with Gasteiger partial charge in [0.25, 0.3) is 0 Å². The molecule has 2 N–H and O–H groups in total. The third kappa shape index (κ3) is 8.08. The molecule has 0 unspecified atom stereocenters. The molecule has 0 bridgehead atoms. The smallest absolute Gasteiger partial charge is 0.142 e. The summed E-state index contributed by atoms with van der Waals surface area (Å²) in [5, 5.41) is 0. The van der Waals surface area contributed by atoms with Crippen molar-refractivity contribution in [3.05, 3.63) is 197 Å². The largest absolute Gasteiger partial charge is 0.398 e. The maximum atomic E-state index is 7.39. The van der Waals surface area contributed by atoms with Crippen molar-refractivity contribution in [1.29, 1.82) is 0 Å². The first-order chi connectivity index (χ1) is 32.3. The zero-order valence-corrected chi connectivity index (χ0v) is 42.2. The summed E-state index contributed by atoms with van der Waals surface area (Å²) in [4.78, 5) is 2.57. The van der Waals surface area contributed by atoms with Gasteiger partial charge in [0.2, 0.25) is 0 Å². The third-order valence-electron chi connectivity index (χ3n) is 15.4. The van der Waals surface area contributed by atoms with E-state index in [1.54, 1.807) is 0 Å². The van der Waals surface area contributed by atoms with Crippen LogP contribution >= 0.6 is 0 Å². The van der Waals surface area contributed by atoms with Crippen LogP contribution in [0.25, 0.3) is 55.6 Å². The van der Waals surface area contributed by atoms with Crippen LogP contribution in [0.1, 0.15) is 115 Å². The Kier molecular flexibility index (Phi) is 11.0. The highest BCUT2D eigenvalue weighted by Gasteiger charge is 2.40. The summed E-state index contributed by atoms with van der Waals surface area (Å²) < 4.78 is 0. The maximum Gasteiger partial charge on any atom is 0.142 e. The Morgan fingerprint density at radius 3 is 1.65 bits per heavy atom. The van der Waals surface area contributed by atoms with Crippen LogP contribution in [0, 0.1) is 0 Å². The lowest BCUT2D eigenvalue weighted by atomic mass is 9.62. The van der Waals surface area contributed by atoms with Crippen molar-refractivity contribution in [2.45, 2.75) is 110 Å². The second kappa shape index (κ2) is 16.6. The lowest BCUT2D eigenvalue weighted by Gasteiger charge is -2.42. The van der Waals surface area contributed by atoms with E-state index in [1.807, 2.05) is 0 Å². The van der Waals surface area contributed by atoms with E-state index in [0.717, 1.165) is 41.2 Å². The van der Waals surface area contributed by atoms with E-state index in [4.69, 9.17) is 5.73 Å². The van der Waals surface area contributed by atoms with Crippen LogP contribution in [0.2, 0.25) is 0 Å². The minimum Gasteiger partial charge on any atom is -0.398 e. The number of nitrogen functional groups attached to an aromatic ring is 1. The van der Waals surface area contributed by atoms with Gasteiger partial charge < -0.3 is 10.6 Å². The second-order valence-corrected chi connectivity index (χ2v) is 23.2. The number of benzene rings is 8. The molecule has 0 saturated carbocycles. The number of anilines is 4. The maximum absolute atomic E-state index is 7.39. The number of nitrogens with two attached hydrogens (primary N) is 1. The number of rotatable bonds is 7. The second-order valence-electron chi connectivity index (χ2n) is 23.2. The van der Waals surface area contributed by atoms with E-state index in [2.05, 4.69) is 246 Å². The van der Waals surface area contributed by atoms with Crippen molar-refractivity contribution in [2.24, 2.45) is 0 Å². The van der Waals surface area contributed by atoms with Gasteiger partial charge in [-0.3, -0.25) is 0 Å². The van der Waals surface area contributed by atoms with Crippen molar-refractivity contribution in [2.75, 3.05) is 10.6 Å². The molecule has 0 radical (unpaired) electrons. The fraction of sp³-hybridized carbons (Fsp3) is 0.262. The van der Waals surface area contributed by atoms with Crippen molar-refractivity contribution in [3.63, 3.8) is 0 Å². The van der Waals surface area contributed by atoms with Crippen LogP contribution in [-0.4, -0.2) is 7.85 Å². The molecule has 10 rings (SSSR count). The fourth-order valence-electron chi connectivity index (χ4n) is 11.0. The molecule has 0 amide bonds. The van der Waals surface area contributed by atoms with Gasteiger partial charge >= 0.3 is 0 Å². The molecule has 2 aliphatic carbocycles. The van der Waals surface area contributed by atoms with Crippen LogP contribution in [0.3, 0.4) is 0 Å². The zero-order chi connectivity index (χ0) is 47.9. The number of hydrogen-bond acceptors (Lipinski definition) is 2. The SMILES string of the molecule is Bc1ccc(-c2ccccc2)cc1N(c1cccc(-c2ccccc2)c1)c1cc2c(c(-c3cc(C(C)(C)C)ccc3N)c1-c1ccc(C(C)(C)C)cc1)Cc1cc3c(cc1-2)C(C)(C)CCC3(C)C. The molecular formula is C65H67BN2. The van der Waals surface area contributed by atoms with E-state index >= 15 is 0 Å². The van der Waals surface area contributed by atoms with E-state index in [-0.39, 0.29) is 21.7 Å². The Balaban J connectivity index is 1.38. The summed E-state index contributed by atoms with van der Waals surface area (Å²) in [5.74, 6) is 0. The predicted octanol–water partition coefficient (Wildman–Crippen LogP) is 16.2. The van der Waals surface area contributed by atoms with E-state index in [1.165, 1.54) is 95.3 Å². The summed E-state index contributed by atoms with van der Waals surface area (Å²) in [5.41, 5.74) is 33.2. The number of fused-ring (bicyclic) bond motifs is 4. The number of nitrogens with zero attached hydrogens (tertiary/aromatic N) is 1. The van der Waals surface area contributed by atoms with Gasteiger partial charge in [0, 0.05) is 28.2 Å². The van der Waals surface area contributed by atoms with Crippen LogP contribution in [0.4, 0.5) is 22.7 Å². The molecule has 68 heavy (non-hydrogen) atoms. The van der Waals surface area contributed by atoms with Gasteiger partial charge in [0.15, 0.2) is 0 Å². The monoisotopic (exact) mass is 887 g/mol. The van der Waals surface area contributed by atoms with Crippen LogP contribution in [0.15, 0.2) is 164 Å². The minimum atomic E-state index is -0.0875. The van der Waals surface area contributed by atoms with Crippen LogP contribution in [-0.2, 0) is 28.1 Å². The first kappa shape index (κ1) is 45.2. The van der Waals surface area contributed by atoms with Crippen molar-refractivity contribution in [3.8, 4) is 55.6 Å². The molecule has 2 aliphatic rings. The topological polar surface area (TPSA) is 29.3 Å². The summed E-state index contributed by atoms with van der Waals surface area (Å²) in [7, 11) is 2.26. The van der Waals surface area contributed by atoms with E-state index in [9.17, 15) is 0 Å². The minimum absolute atomic E-state index is 0.00515. The normalized spacial score (nSPS) is 14.8. The molecule has 3 heteroatoms. The zero-order valence-electron chi connectivity index (χ0n) is 42.2. The van der Waals surface area contributed by atoms with E-state index < -0.39 is 0 Å². The van der Waals surface area contributed by atoms with Crippen molar-refractivity contribution >= 4 is 36.1 Å². The van der Waals surface area contributed by atoms with Gasteiger partial charge in [0.05, 0.1) is 5.69 Å². The average molecular weight is 887 g/mol. The molecular weight excluding hydrogens is 820 g/mol. The van der Waals surface area contributed by atoms with Gasteiger partial charge in [-0.25, -0.2) is 0 Å². The Hall–Kier alpha value is -6.58. The summed E-state index contributed by atoms with van der Waals surface area (Å²) >= 11 is 0. The molecule has 0 aliphatic heterocycles. The third-order valence-corrected chi connectivity index (χ3v) is 15.4. The Morgan fingerprint density at radius 1 is 0.471 bits per heavy atom. The molecule has 2 nitrogen and oxygen atoms in total. The molecule has 0 saturated heterocycles. The molecule has 8 aromatic carbocycles. The highest BCUT2D eigenvalue weighted by atomic mass is 15.1. The first-order valence-corrected chi connectivity index (χ1v) is 24.8. The summed E-state index contributed by atoms with van der Waals surface area (Å²) in [6.07, 6.45) is 3.18. The summed E-state index contributed by atoms with van der Waals surface area (Å²) in [6.45, 7) is 23.6.